The van der Waals surface area contributed by atoms with Crippen molar-refractivity contribution in [3.63, 3.8) is 0 Å². The van der Waals surface area contributed by atoms with Crippen molar-refractivity contribution in [1.82, 2.24) is 0 Å². The summed E-state index contributed by atoms with van der Waals surface area (Å²) in [6.07, 6.45) is 0. The van der Waals surface area contributed by atoms with Gasteiger partial charge in [0.25, 0.3) is 0 Å². The molecule has 1 radical (unpaired) electrons. The monoisotopic (exact) mass is 391 g/mol. The van der Waals surface area contributed by atoms with Crippen LogP contribution in [0.4, 0.5) is 0 Å². The maximum absolute atomic E-state index is 10.5. The van der Waals surface area contributed by atoms with E-state index in [-0.39, 0.29) is 39.0 Å². The molecular formula is C16H12CoO8. The summed E-state index contributed by atoms with van der Waals surface area (Å²) in [6, 6.07) is 11.0. The Kier molecular flexibility index (Phi) is 8.60. The maximum Gasteiger partial charge on any atom is 0.336 e. The van der Waals surface area contributed by atoms with Crippen molar-refractivity contribution < 1.29 is 56.4 Å². The smallest absolute Gasteiger partial charge is 0.336 e. The minimum atomic E-state index is -1.23. The van der Waals surface area contributed by atoms with E-state index in [1.165, 1.54) is 48.5 Å². The van der Waals surface area contributed by atoms with E-state index in [0.29, 0.717) is 0 Å². The number of benzene rings is 2. The Hall–Kier alpha value is -3.17. The van der Waals surface area contributed by atoms with Gasteiger partial charge in [-0.05, 0) is 24.3 Å². The van der Waals surface area contributed by atoms with Crippen molar-refractivity contribution in [3.8, 4) is 0 Å². The summed E-state index contributed by atoms with van der Waals surface area (Å²) in [5.41, 5.74) is -0.759. The first-order valence-electron chi connectivity index (χ1n) is 6.37. The molecule has 0 fully saturated rings. The van der Waals surface area contributed by atoms with Gasteiger partial charge in [0.15, 0.2) is 0 Å². The second-order valence-electron chi connectivity index (χ2n) is 4.31. The topological polar surface area (TPSA) is 149 Å². The van der Waals surface area contributed by atoms with Crippen molar-refractivity contribution >= 4 is 23.9 Å². The molecular weight excluding hydrogens is 379 g/mol. The number of carbonyl (C=O) groups is 4. The van der Waals surface area contributed by atoms with Gasteiger partial charge in [-0.15, -0.1) is 0 Å². The SMILES string of the molecule is O=C(O)c1ccccc1C(=O)O.O=C(O)c1ccccc1C(=O)O.[Co]. The maximum atomic E-state index is 10.5. The van der Waals surface area contributed by atoms with Crippen LogP contribution in [-0.4, -0.2) is 44.3 Å². The van der Waals surface area contributed by atoms with Crippen molar-refractivity contribution in [2.24, 2.45) is 0 Å². The van der Waals surface area contributed by atoms with Crippen LogP contribution in [0.15, 0.2) is 48.5 Å². The van der Waals surface area contributed by atoms with Crippen molar-refractivity contribution in [2.75, 3.05) is 0 Å². The molecule has 0 bridgehead atoms. The van der Waals surface area contributed by atoms with Crippen molar-refractivity contribution in [1.29, 1.82) is 0 Å². The molecule has 2 aromatic rings. The fraction of sp³-hybridized carbons (Fsp3) is 0. The van der Waals surface area contributed by atoms with E-state index in [2.05, 4.69) is 0 Å². The van der Waals surface area contributed by atoms with E-state index < -0.39 is 23.9 Å². The van der Waals surface area contributed by atoms with Crippen LogP contribution in [0.2, 0.25) is 0 Å². The van der Waals surface area contributed by atoms with Crippen LogP contribution in [0.3, 0.4) is 0 Å². The Balaban J connectivity index is 0.000000443. The van der Waals surface area contributed by atoms with Gasteiger partial charge in [0, 0.05) is 16.8 Å². The molecule has 2 aromatic carbocycles. The average Bonchev–Trinajstić information content (AvgIpc) is 2.55. The van der Waals surface area contributed by atoms with Crippen LogP contribution in [0.5, 0.6) is 0 Å². The number of rotatable bonds is 4. The number of carboxylic acids is 4. The molecule has 133 valence electrons. The van der Waals surface area contributed by atoms with Gasteiger partial charge in [-0.2, -0.15) is 0 Å². The minimum Gasteiger partial charge on any atom is -0.478 e. The summed E-state index contributed by atoms with van der Waals surface area (Å²) in [7, 11) is 0. The van der Waals surface area contributed by atoms with Gasteiger partial charge in [0.1, 0.15) is 0 Å². The van der Waals surface area contributed by atoms with Crippen molar-refractivity contribution in [3.05, 3.63) is 70.8 Å². The van der Waals surface area contributed by atoms with Gasteiger partial charge in [0.05, 0.1) is 22.3 Å². The van der Waals surface area contributed by atoms with Crippen LogP contribution < -0.4 is 0 Å². The molecule has 4 N–H and O–H groups in total. The van der Waals surface area contributed by atoms with E-state index in [1.807, 2.05) is 0 Å². The average molecular weight is 391 g/mol. The van der Waals surface area contributed by atoms with Gasteiger partial charge in [0.2, 0.25) is 0 Å². The molecule has 0 aromatic heterocycles. The van der Waals surface area contributed by atoms with Gasteiger partial charge in [-0.25, -0.2) is 19.2 Å². The van der Waals surface area contributed by atoms with E-state index in [0.717, 1.165) is 0 Å². The third-order valence-electron chi connectivity index (χ3n) is 2.78. The standard InChI is InChI=1S/2C8H6O4.Co/c2*9-7(10)5-3-1-2-4-6(5)8(11)12;/h2*1-4H,(H,9,10)(H,11,12);. The largest absolute Gasteiger partial charge is 0.478 e. The predicted molar refractivity (Wildman–Crippen MR) is 80.7 cm³/mol. The molecule has 25 heavy (non-hydrogen) atoms. The van der Waals surface area contributed by atoms with Crippen molar-refractivity contribution in [2.45, 2.75) is 0 Å². The first-order valence-corrected chi connectivity index (χ1v) is 6.37. The minimum absolute atomic E-state index is 0. The number of aromatic carboxylic acids is 4. The fourth-order valence-electron chi connectivity index (χ4n) is 1.71. The summed E-state index contributed by atoms with van der Waals surface area (Å²) in [4.78, 5) is 41.9. The molecule has 0 amide bonds. The molecule has 0 atom stereocenters. The van der Waals surface area contributed by atoms with Gasteiger partial charge < -0.3 is 20.4 Å². The summed E-state index contributed by atoms with van der Waals surface area (Å²) in [5, 5.41) is 34.2. The zero-order valence-corrected chi connectivity index (χ0v) is 13.4. The van der Waals surface area contributed by atoms with Crippen LogP contribution in [0.1, 0.15) is 41.4 Å². The molecule has 0 aliphatic rings. The Morgan fingerprint density at radius 1 is 0.480 bits per heavy atom. The zero-order valence-electron chi connectivity index (χ0n) is 12.4. The Morgan fingerprint density at radius 3 is 0.760 bits per heavy atom. The van der Waals surface area contributed by atoms with E-state index in [9.17, 15) is 19.2 Å². The van der Waals surface area contributed by atoms with Gasteiger partial charge >= 0.3 is 23.9 Å². The molecule has 0 saturated heterocycles. The first-order chi connectivity index (χ1) is 11.3. The van der Waals surface area contributed by atoms with Gasteiger partial charge in [-0.3, -0.25) is 0 Å². The molecule has 0 unspecified atom stereocenters. The molecule has 0 saturated carbocycles. The normalized spacial score (nSPS) is 8.96. The van der Waals surface area contributed by atoms with E-state index in [1.54, 1.807) is 0 Å². The molecule has 9 heteroatoms. The fourth-order valence-corrected chi connectivity index (χ4v) is 1.71. The molecule has 0 heterocycles. The summed E-state index contributed by atoms with van der Waals surface area (Å²) in [6.45, 7) is 0. The van der Waals surface area contributed by atoms with Crippen LogP contribution in [0.25, 0.3) is 0 Å². The summed E-state index contributed by atoms with van der Waals surface area (Å²) in [5.74, 6) is -4.91. The third kappa shape index (κ3) is 6.09. The Labute approximate surface area is 151 Å². The second kappa shape index (κ2) is 9.85. The number of hydrogen-bond acceptors (Lipinski definition) is 4. The molecule has 8 nitrogen and oxygen atoms in total. The van der Waals surface area contributed by atoms with Crippen LogP contribution >= 0.6 is 0 Å². The Bertz CT molecular complexity index is 667. The molecule has 0 aliphatic carbocycles. The summed E-state index contributed by atoms with van der Waals surface area (Å²) >= 11 is 0. The molecule has 2 rings (SSSR count). The second-order valence-corrected chi connectivity index (χ2v) is 4.31. The molecule has 0 spiro atoms. The number of carboxylic acid groups (broad SMARTS) is 4. The zero-order chi connectivity index (χ0) is 18.3. The molecule has 0 aliphatic heterocycles. The first kappa shape index (κ1) is 21.8. The van der Waals surface area contributed by atoms with E-state index >= 15 is 0 Å². The van der Waals surface area contributed by atoms with E-state index in [4.69, 9.17) is 20.4 Å². The summed E-state index contributed by atoms with van der Waals surface area (Å²) < 4.78 is 0. The third-order valence-corrected chi connectivity index (χ3v) is 2.78. The Morgan fingerprint density at radius 2 is 0.640 bits per heavy atom. The van der Waals surface area contributed by atoms with Crippen LogP contribution in [-0.2, 0) is 16.8 Å². The quantitative estimate of drug-likeness (QED) is 0.619. The van der Waals surface area contributed by atoms with Crippen LogP contribution in [0, 0.1) is 0 Å². The number of hydrogen-bond donors (Lipinski definition) is 4. The predicted octanol–water partition coefficient (Wildman–Crippen LogP) is 2.16. The van der Waals surface area contributed by atoms with Gasteiger partial charge in [-0.1, -0.05) is 24.3 Å².